The average Bonchev–Trinajstić information content (AvgIpc) is 2.01. The van der Waals surface area contributed by atoms with E-state index in [1.807, 2.05) is 0 Å². The first-order valence-electron chi connectivity index (χ1n) is 4.50. The number of rotatable bonds is 3. The minimum atomic E-state index is 0.639. The van der Waals surface area contributed by atoms with Crippen LogP contribution in [0.2, 0.25) is 0 Å². The van der Waals surface area contributed by atoms with Gasteiger partial charge in [0.2, 0.25) is 0 Å². The zero-order valence-corrected chi connectivity index (χ0v) is 7.27. The topological polar surface area (TPSA) is 38.0 Å². The maximum absolute atomic E-state index is 5.72. The summed E-state index contributed by atoms with van der Waals surface area (Å²) >= 11 is 0. The molecule has 2 nitrogen and oxygen atoms in total. The van der Waals surface area contributed by atoms with Gasteiger partial charge >= 0.3 is 0 Å². The summed E-state index contributed by atoms with van der Waals surface area (Å²) < 4.78 is 0. The first-order chi connectivity index (χ1) is 5.33. The molecular weight excluding hydrogens is 136 g/mol. The normalized spacial score (nSPS) is 24.8. The van der Waals surface area contributed by atoms with Crippen LogP contribution in [0.4, 0.5) is 0 Å². The van der Waals surface area contributed by atoms with Crippen molar-refractivity contribution in [1.82, 2.24) is 5.32 Å². The zero-order valence-electron chi connectivity index (χ0n) is 7.27. The maximum atomic E-state index is 5.72. The molecule has 1 atom stereocenters. The van der Waals surface area contributed by atoms with E-state index >= 15 is 0 Å². The molecule has 0 fully saturated rings. The number of hydrogen-bond donors (Lipinski definition) is 2. The molecule has 0 amide bonds. The summed E-state index contributed by atoms with van der Waals surface area (Å²) in [6.07, 6.45) is 6.79. The lowest BCUT2D eigenvalue weighted by Gasteiger charge is -2.21. The van der Waals surface area contributed by atoms with Crippen molar-refractivity contribution in [2.45, 2.75) is 38.6 Å². The van der Waals surface area contributed by atoms with Gasteiger partial charge in [0.25, 0.3) is 0 Å². The van der Waals surface area contributed by atoms with Crippen LogP contribution in [0.15, 0.2) is 11.8 Å². The summed E-state index contributed by atoms with van der Waals surface area (Å²) in [6, 6.07) is 0.639. The van der Waals surface area contributed by atoms with E-state index in [1.54, 1.807) is 0 Å². The van der Waals surface area contributed by atoms with Gasteiger partial charge in [-0.2, -0.15) is 0 Å². The van der Waals surface area contributed by atoms with Crippen LogP contribution < -0.4 is 11.1 Å². The second-order valence-electron chi connectivity index (χ2n) is 3.21. The van der Waals surface area contributed by atoms with Gasteiger partial charge in [-0.25, -0.2) is 0 Å². The van der Waals surface area contributed by atoms with E-state index in [0.29, 0.717) is 6.04 Å². The molecule has 1 aliphatic carbocycles. The van der Waals surface area contributed by atoms with Crippen molar-refractivity contribution >= 4 is 0 Å². The number of nitrogens with two attached hydrogens (primary N) is 1. The van der Waals surface area contributed by atoms with Gasteiger partial charge in [-0.15, -0.1) is 0 Å². The lowest BCUT2D eigenvalue weighted by molar-refractivity contribution is 0.463. The van der Waals surface area contributed by atoms with Crippen LogP contribution in [-0.2, 0) is 0 Å². The molecule has 1 aliphatic rings. The molecule has 0 aromatic heterocycles. The first-order valence-corrected chi connectivity index (χ1v) is 4.50. The van der Waals surface area contributed by atoms with E-state index in [0.717, 1.165) is 25.1 Å². The summed E-state index contributed by atoms with van der Waals surface area (Å²) in [7, 11) is 0. The van der Waals surface area contributed by atoms with Crippen LogP contribution in [0, 0.1) is 0 Å². The van der Waals surface area contributed by atoms with Crippen molar-refractivity contribution in [1.29, 1.82) is 0 Å². The fraction of sp³-hybridized carbons (Fsp3) is 0.778. The first kappa shape index (κ1) is 8.60. The Morgan fingerprint density at radius 2 is 2.55 bits per heavy atom. The maximum Gasteiger partial charge on any atom is 0.0124 e. The Labute approximate surface area is 68.9 Å². The molecule has 0 aromatic rings. The van der Waals surface area contributed by atoms with Gasteiger partial charge in [0.05, 0.1) is 0 Å². The van der Waals surface area contributed by atoms with Crippen LogP contribution in [-0.4, -0.2) is 12.6 Å². The fourth-order valence-electron chi connectivity index (χ4n) is 1.46. The Morgan fingerprint density at radius 1 is 1.73 bits per heavy atom. The molecule has 3 N–H and O–H groups in total. The summed E-state index contributed by atoms with van der Waals surface area (Å²) in [5.74, 6) is 0. The van der Waals surface area contributed by atoms with Gasteiger partial charge in [0.15, 0.2) is 0 Å². The van der Waals surface area contributed by atoms with E-state index in [4.69, 9.17) is 5.73 Å². The summed E-state index contributed by atoms with van der Waals surface area (Å²) in [5, 5.41) is 3.48. The molecule has 2 heteroatoms. The van der Waals surface area contributed by atoms with Crippen molar-refractivity contribution in [3.63, 3.8) is 0 Å². The van der Waals surface area contributed by atoms with Crippen LogP contribution in [0.3, 0.4) is 0 Å². The average molecular weight is 154 g/mol. The third kappa shape index (κ3) is 2.93. The molecule has 0 heterocycles. The fourth-order valence-corrected chi connectivity index (χ4v) is 1.46. The molecule has 0 aliphatic heterocycles. The van der Waals surface area contributed by atoms with E-state index in [1.165, 1.54) is 12.8 Å². The highest BCUT2D eigenvalue weighted by Crippen LogP contribution is 2.13. The molecule has 1 rings (SSSR count). The molecule has 64 valence electrons. The van der Waals surface area contributed by atoms with E-state index in [9.17, 15) is 0 Å². The van der Waals surface area contributed by atoms with E-state index in [-0.39, 0.29) is 0 Å². The molecule has 0 spiro atoms. The third-order valence-corrected chi connectivity index (χ3v) is 2.09. The second-order valence-corrected chi connectivity index (χ2v) is 3.21. The van der Waals surface area contributed by atoms with Crippen LogP contribution in [0.5, 0.6) is 0 Å². The second kappa shape index (κ2) is 4.39. The monoisotopic (exact) mass is 154 g/mol. The quantitative estimate of drug-likeness (QED) is 0.644. The lowest BCUT2D eigenvalue weighted by Crippen LogP contribution is -2.32. The summed E-state index contributed by atoms with van der Waals surface area (Å²) in [4.78, 5) is 0. The Hall–Kier alpha value is -0.500. The standard InChI is InChI=1S/C9H18N2/c1-2-6-11-9-5-3-4-8(10)7-9/h4,9,11H,2-3,5-7,10H2,1H3. The van der Waals surface area contributed by atoms with E-state index in [2.05, 4.69) is 18.3 Å². The van der Waals surface area contributed by atoms with Gasteiger partial charge in [-0.05, 0) is 25.8 Å². The molecule has 0 radical (unpaired) electrons. The highest BCUT2D eigenvalue weighted by atomic mass is 14.9. The molecule has 0 saturated heterocycles. The van der Waals surface area contributed by atoms with Crippen molar-refractivity contribution in [2.24, 2.45) is 5.73 Å². The van der Waals surface area contributed by atoms with Gasteiger partial charge in [-0.1, -0.05) is 13.0 Å². The van der Waals surface area contributed by atoms with Crippen LogP contribution >= 0.6 is 0 Å². The van der Waals surface area contributed by atoms with Gasteiger partial charge < -0.3 is 11.1 Å². The number of nitrogens with one attached hydrogen (secondary N) is 1. The minimum Gasteiger partial charge on any atom is -0.402 e. The lowest BCUT2D eigenvalue weighted by atomic mass is 9.99. The van der Waals surface area contributed by atoms with Crippen LogP contribution in [0.25, 0.3) is 0 Å². The largest absolute Gasteiger partial charge is 0.402 e. The number of allylic oxidation sites excluding steroid dienone is 1. The predicted octanol–water partition coefficient (Wildman–Crippen LogP) is 1.38. The molecule has 0 bridgehead atoms. The summed E-state index contributed by atoms with van der Waals surface area (Å²) in [5.41, 5.74) is 6.78. The van der Waals surface area contributed by atoms with Gasteiger partial charge in [0, 0.05) is 18.2 Å². The van der Waals surface area contributed by atoms with Crippen molar-refractivity contribution < 1.29 is 0 Å². The van der Waals surface area contributed by atoms with Gasteiger partial charge in [0.1, 0.15) is 0 Å². The van der Waals surface area contributed by atoms with E-state index < -0.39 is 0 Å². The highest BCUT2D eigenvalue weighted by molar-refractivity contribution is 5.03. The Kier molecular flexibility index (Phi) is 3.43. The van der Waals surface area contributed by atoms with Crippen molar-refractivity contribution in [2.75, 3.05) is 6.54 Å². The molecule has 1 unspecified atom stereocenters. The smallest absolute Gasteiger partial charge is 0.0124 e. The zero-order chi connectivity index (χ0) is 8.10. The number of hydrogen-bond acceptors (Lipinski definition) is 2. The summed E-state index contributed by atoms with van der Waals surface area (Å²) in [6.45, 7) is 3.31. The Bertz CT molecular complexity index is 140. The predicted molar refractivity (Wildman–Crippen MR) is 48.2 cm³/mol. The minimum absolute atomic E-state index is 0.639. The molecule has 0 aromatic carbocycles. The Balaban J connectivity index is 2.21. The third-order valence-electron chi connectivity index (χ3n) is 2.09. The van der Waals surface area contributed by atoms with Crippen molar-refractivity contribution in [3.05, 3.63) is 11.8 Å². The highest BCUT2D eigenvalue weighted by Gasteiger charge is 2.11. The molecule has 0 saturated carbocycles. The SMILES string of the molecule is CCCNC1CCC=C(N)C1. The van der Waals surface area contributed by atoms with Gasteiger partial charge in [-0.3, -0.25) is 0 Å². The van der Waals surface area contributed by atoms with Crippen molar-refractivity contribution in [3.8, 4) is 0 Å². The van der Waals surface area contributed by atoms with Crippen LogP contribution in [0.1, 0.15) is 32.6 Å². The molecule has 11 heavy (non-hydrogen) atoms. The molecular formula is C9H18N2. The Morgan fingerprint density at radius 3 is 3.18 bits per heavy atom.